The number of nitrogens with one attached hydrogen (secondary N) is 1. The first-order valence-corrected chi connectivity index (χ1v) is 7.81. The maximum atomic E-state index is 12.3. The average Bonchev–Trinajstić information content (AvgIpc) is 2.96. The zero-order valence-corrected chi connectivity index (χ0v) is 12.1. The number of urea groups is 1. The second-order valence-corrected chi connectivity index (χ2v) is 5.79. The van der Waals surface area contributed by atoms with Gasteiger partial charge in [0.2, 0.25) is 0 Å². The Balaban J connectivity index is 1.41. The van der Waals surface area contributed by atoms with Crippen molar-refractivity contribution in [3.8, 4) is 0 Å². The van der Waals surface area contributed by atoms with Gasteiger partial charge in [-0.1, -0.05) is 0 Å². The molecule has 3 rings (SSSR count). The van der Waals surface area contributed by atoms with Gasteiger partial charge in [-0.3, -0.25) is 4.90 Å². The van der Waals surface area contributed by atoms with E-state index >= 15 is 0 Å². The van der Waals surface area contributed by atoms with Crippen molar-refractivity contribution < 1.29 is 14.3 Å². The van der Waals surface area contributed by atoms with Crippen LogP contribution in [0.15, 0.2) is 0 Å². The average molecular weight is 283 g/mol. The summed E-state index contributed by atoms with van der Waals surface area (Å²) in [6.45, 7) is 6.59. The van der Waals surface area contributed by atoms with Gasteiger partial charge in [-0.25, -0.2) is 4.79 Å². The Hall–Kier alpha value is -0.850. The minimum absolute atomic E-state index is 0.0819. The van der Waals surface area contributed by atoms with Gasteiger partial charge < -0.3 is 19.7 Å². The summed E-state index contributed by atoms with van der Waals surface area (Å²) >= 11 is 0. The molecule has 0 radical (unpaired) electrons. The fourth-order valence-corrected chi connectivity index (χ4v) is 3.43. The fraction of sp³-hybridized carbons (Fsp3) is 0.929. The van der Waals surface area contributed by atoms with Gasteiger partial charge in [0, 0.05) is 32.7 Å². The molecule has 2 aliphatic heterocycles. The SMILES string of the molecule is O=C(NCCN1CCOCC1)N1CCOC2CCCC21. The molecule has 6 nitrogen and oxygen atoms in total. The number of morpholine rings is 2. The predicted octanol–water partition coefficient (Wildman–Crippen LogP) is 0.282. The molecule has 0 aromatic rings. The zero-order valence-electron chi connectivity index (χ0n) is 12.1. The molecule has 2 amide bonds. The van der Waals surface area contributed by atoms with Gasteiger partial charge in [-0.05, 0) is 19.3 Å². The summed E-state index contributed by atoms with van der Waals surface area (Å²) in [7, 11) is 0. The molecule has 3 aliphatic rings. The maximum absolute atomic E-state index is 12.3. The molecule has 0 aromatic heterocycles. The molecule has 2 saturated heterocycles. The summed E-state index contributed by atoms with van der Waals surface area (Å²) in [6.07, 6.45) is 3.63. The molecule has 0 bridgehead atoms. The quantitative estimate of drug-likeness (QED) is 0.808. The Kier molecular flexibility index (Phi) is 4.75. The van der Waals surface area contributed by atoms with E-state index in [2.05, 4.69) is 10.2 Å². The van der Waals surface area contributed by atoms with Gasteiger partial charge in [0.1, 0.15) is 0 Å². The Morgan fingerprint density at radius 3 is 2.85 bits per heavy atom. The van der Waals surface area contributed by atoms with Crippen LogP contribution >= 0.6 is 0 Å². The summed E-state index contributed by atoms with van der Waals surface area (Å²) in [4.78, 5) is 16.6. The van der Waals surface area contributed by atoms with Crippen molar-refractivity contribution in [1.82, 2.24) is 15.1 Å². The number of rotatable bonds is 3. The van der Waals surface area contributed by atoms with E-state index in [0.717, 1.165) is 52.2 Å². The summed E-state index contributed by atoms with van der Waals surface area (Å²) in [5, 5.41) is 3.06. The number of hydrogen-bond donors (Lipinski definition) is 1. The van der Waals surface area contributed by atoms with Crippen molar-refractivity contribution in [2.75, 3.05) is 52.5 Å². The highest BCUT2D eigenvalue weighted by atomic mass is 16.5. The minimum Gasteiger partial charge on any atom is -0.379 e. The number of amides is 2. The first kappa shape index (κ1) is 14.1. The van der Waals surface area contributed by atoms with Crippen molar-refractivity contribution in [1.29, 1.82) is 0 Å². The first-order valence-electron chi connectivity index (χ1n) is 7.81. The number of nitrogens with zero attached hydrogens (tertiary/aromatic N) is 2. The highest BCUT2D eigenvalue weighted by Gasteiger charge is 2.38. The van der Waals surface area contributed by atoms with E-state index in [9.17, 15) is 4.79 Å². The maximum Gasteiger partial charge on any atom is 0.317 e. The van der Waals surface area contributed by atoms with E-state index in [4.69, 9.17) is 9.47 Å². The van der Waals surface area contributed by atoms with Gasteiger partial charge in [-0.2, -0.15) is 0 Å². The lowest BCUT2D eigenvalue weighted by atomic mass is 10.1. The number of fused-ring (bicyclic) bond motifs is 1. The first-order chi connectivity index (χ1) is 9.84. The molecule has 2 heterocycles. The third-order valence-electron chi connectivity index (χ3n) is 4.55. The van der Waals surface area contributed by atoms with Crippen LogP contribution in [0.2, 0.25) is 0 Å². The zero-order chi connectivity index (χ0) is 13.8. The fourth-order valence-electron chi connectivity index (χ4n) is 3.43. The van der Waals surface area contributed by atoms with E-state index in [-0.39, 0.29) is 12.1 Å². The highest BCUT2D eigenvalue weighted by Crippen LogP contribution is 2.29. The normalized spacial score (nSPS) is 31.1. The van der Waals surface area contributed by atoms with E-state index in [1.54, 1.807) is 0 Å². The standard InChI is InChI=1S/C14H25N3O3/c18-14(15-4-5-16-6-9-19-10-7-16)17-8-11-20-13-3-1-2-12(13)17/h12-13H,1-11H2,(H,15,18). The van der Waals surface area contributed by atoms with Crippen LogP contribution in [0, 0.1) is 0 Å². The van der Waals surface area contributed by atoms with E-state index < -0.39 is 0 Å². The molecule has 0 aromatic carbocycles. The van der Waals surface area contributed by atoms with Crippen molar-refractivity contribution >= 4 is 6.03 Å². The minimum atomic E-state index is 0.0819. The van der Waals surface area contributed by atoms with Crippen molar-refractivity contribution in [2.45, 2.75) is 31.4 Å². The molecule has 1 saturated carbocycles. The Morgan fingerprint density at radius 2 is 2.00 bits per heavy atom. The number of carbonyl (C=O) groups excluding carboxylic acids is 1. The summed E-state index contributed by atoms with van der Waals surface area (Å²) < 4.78 is 11.1. The molecule has 1 aliphatic carbocycles. The van der Waals surface area contributed by atoms with Crippen LogP contribution < -0.4 is 5.32 Å². The molecule has 2 atom stereocenters. The van der Waals surface area contributed by atoms with Crippen molar-refractivity contribution in [3.05, 3.63) is 0 Å². The summed E-state index contributed by atoms with van der Waals surface area (Å²) in [5.41, 5.74) is 0. The third-order valence-corrected chi connectivity index (χ3v) is 4.55. The van der Waals surface area contributed by atoms with Crippen LogP contribution in [-0.4, -0.2) is 80.5 Å². The molecule has 3 fully saturated rings. The molecule has 2 unspecified atom stereocenters. The monoisotopic (exact) mass is 283 g/mol. The van der Waals surface area contributed by atoms with E-state index in [0.29, 0.717) is 19.2 Å². The molecular formula is C14H25N3O3. The smallest absolute Gasteiger partial charge is 0.317 e. The highest BCUT2D eigenvalue weighted by molar-refractivity contribution is 5.74. The van der Waals surface area contributed by atoms with Crippen molar-refractivity contribution in [3.63, 3.8) is 0 Å². The lowest BCUT2D eigenvalue weighted by Crippen LogP contribution is -2.55. The van der Waals surface area contributed by atoms with Gasteiger partial charge in [0.15, 0.2) is 0 Å². The van der Waals surface area contributed by atoms with Gasteiger partial charge in [0.25, 0.3) is 0 Å². The van der Waals surface area contributed by atoms with Gasteiger partial charge in [0.05, 0.1) is 32.0 Å². The molecule has 20 heavy (non-hydrogen) atoms. The molecule has 6 heteroatoms. The lowest BCUT2D eigenvalue weighted by Gasteiger charge is -2.37. The van der Waals surface area contributed by atoms with Crippen LogP contribution in [0.4, 0.5) is 4.79 Å². The number of ether oxygens (including phenoxy) is 2. The van der Waals surface area contributed by atoms with Crippen LogP contribution in [0.3, 0.4) is 0 Å². The Labute approximate surface area is 120 Å². The van der Waals surface area contributed by atoms with Crippen LogP contribution in [0.1, 0.15) is 19.3 Å². The molecule has 114 valence electrons. The van der Waals surface area contributed by atoms with E-state index in [1.807, 2.05) is 4.90 Å². The second kappa shape index (κ2) is 6.74. The molecule has 1 N–H and O–H groups in total. The van der Waals surface area contributed by atoms with Crippen LogP contribution in [-0.2, 0) is 9.47 Å². The number of carbonyl (C=O) groups is 1. The van der Waals surface area contributed by atoms with Crippen LogP contribution in [0.5, 0.6) is 0 Å². The van der Waals surface area contributed by atoms with Crippen LogP contribution in [0.25, 0.3) is 0 Å². The number of hydrogen-bond acceptors (Lipinski definition) is 4. The van der Waals surface area contributed by atoms with E-state index in [1.165, 1.54) is 6.42 Å². The predicted molar refractivity (Wildman–Crippen MR) is 74.7 cm³/mol. The van der Waals surface area contributed by atoms with Gasteiger partial charge >= 0.3 is 6.03 Å². The molecule has 0 spiro atoms. The van der Waals surface area contributed by atoms with Gasteiger partial charge in [-0.15, -0.1) is 0 Å². The second-order valence-electron chi connectivity index (χ2n) is 5.79. The Morgan fingerprint density at radius 1 is 1.15 bits per heavy atom. The summed E-state index contributed by atoms with van der Waals surface area (Å²) in [6, 6.07) is 0.380. The third kappa shape index (κ3) is 3.24. The Bertz CT molecular complexity index is 334. The molecular weight excluding hydrogens is 258 g/mol. The topological polar surface area (TPSA) is 54.0 Å². The lowest BCUT2D eigenvalue weighted by molar-refractivity contribution is -0.0383. The van der Waals surface area contributed by atoms with Crippen molar-refractivity contribution in [2.24, 2.45) is 0 Å². The summed E-state index contributed by atoms with van der Waals surface area (Å²) in [5.74, 6) is 0. The largest absolute Gasteiger partial charge is 0.379 e.